The van der Waals surface area contributed by atoms with Crippen LogP contribution in [0, 0.1) is 11.7 Å². The van der Waals surface area contributed by atoms with Crippen molar-refractivity contribution in [2.45, 2.75) is 75.7 Å². The molecular formula is C34H31F7N2O4. The number of nitrogens with one attached hydrogen (secondary N) is 1. The number of halogens is 7. The molecular weight excluding hydrogens is 633 g/mol. The number of hydrogen-bond donors (Lipinski definition) is 1. The summed E-state index contributed by atoms with van der Waals surface area (Å²) in [5.74, 6) is -2.16. The second-order valence-electron chi connectivity index (χ2n) is 12.0. The van der Waals surface area contributed by atoms with Crippen LogP contribution < -0.4 is 5.32 Å². The highest BCUT2D eigenvalue weighted by Crippen LogP contribution is 2.47. The lowest BCUT2D eigenvalue weighted by molar-refractivity contribution is -0.143. The number of alkyl carbamates (subject to hydrolysis) is 1. The Kier molecular flexibility index (Phi) is 9.50. The van der Waals surface area contributed by atoms with Crippen LogP contribution in [0.2, 0.25) is 0 Å². The van der Waals surface area contributed by atoms with E-state index in [9.17, 15) is 40.3 Å². The average Bonchev–Trinajstić information content (AvgIpc) is 3.55. The quantitative estimate of drug-likeness (QED) is 0.245. The van der Waals surface area contributed by atoms with Gasteiger partial charge in [-0.25, -0.2) is 14.2 Å². The largest absolute Gasteiger partial charge is 0.445 e. The summed E-state index contributed by atoms with van der Waals surface area (Å²) < 4.78 is 106. The molecule has 3 aromatic carbocycles. The van der Waals surface area contributed by atoms with Crippen molar-refractivity contribution in [2.24, 2.45) is 10.9 Å². The van der Waals surface area contributed by atoms with E-state index in [-0.39, 0.29) is 24.7 Å². The third kappa shape index (κ3) is 7.83. The Labute approximate surface area is 266 Å². The number of carbonyl (C=O) groups is 2. The van der Waals surface area contributed by atoms with Gasteiger partial charge in [-0.1, -0.05) is 42.5 Å². The molecule has 1 aliphatic carbocycles. The first-order valence-corrected chi connectivity index (χ1v) is 14.8. The van der Waals surface area contributed by atoms with Crippen LogP contribution in [0.3, 0.4) is 0 Å². The zero-order valence-corrected chi connectivity index (χ0v) is 25.3. The molecule has 5 rings (SSSR count). The fourth-order valence-electron chi connectivity index (χ4n) is 6.20. The molecule has 0 unspecified atom stereocenters. The van der Waals surface area contributed by atoms with Crippen molar-refractivity contribution < 1.29 is 49.8 Å². The number of aliphatic imine (C=N–C) groups is 1. The molecule has 0 saturated heterocycles. The van der Waals surface area contributed by atoms with E-state index in [1.165, 1.54) is 38.1 Å². The van der Waals surface area contributed by atoms with Gasteiger partial charge in [0.2, 0.25) is 0 Å². The lowest BCUT2D eigenvalue weighted by Gasteiger charge is -2.29. The molecule has 1 fully saturated rings. The second-order valence-corrected chi connectivity index (χ2v) is 12.0. The number of carbonyl (C=O) groups excluding carboxylic acids is 2. The number of hydrogen-bond acceptors (Lipinski definition) is 4. The third-order valence-corrected chi connectivity index (χ3v) is 8.58. The highest BCUT2D eigenvalue weighted by Gasteiger charge is 2.49. The highest BCUT2D eigenvalue weighted by atomic mass is 19.4. The van der Waals surface area contributed by atoms with Gasteiger partial charge in [0, 0.05) is 24.0 Å². The molecule has 2 amide bonds. The van der Waals surface area contributed by atoms with E-state index in [1.54, 1.807) is 24.3 Å². The number of rotatable bonds is 8. The van der Waals surface area contributed by atoms with E-state index in [0.717, 1.165) is 5.56 Å². The Bertz CT molecular complexity index is 1610. The van der Waals surface area contributed by atoms with Gasteiger partial charge in [-0.2, -0.15) is 26.3 Å². The summed E-state index contributed by atoms with van der Waals surface area (Å²) in [4.78, 5) is 30.0. The average molecular weight is 665 g/mol. The Morgan fingerprint density at radius 3 is 2.17 bits per heavy atom. The van der Waals surface area contributed by atoms with Gasteiger partial charge in [-0.3, -0.25) is 4.79 Å². The minimum Gasteiger partial charge on any atom is -0.445 e. The standard InChI is InChI=1S/C34H31F7N2O4/c1-19(22-14-23(33(36,37)38)16-24(15-22)34(39,40)41)47-28-13-12-26(29(28)21-8-10-25(35)11-9-21)27-17-32(2,30(44)42-27)43-31(45)46-18-20-6-4-3-5-7-20/h3-11,14-16,19,26,28-29H,12-13,17-18H2,1-2H3,(H,43,45)/t19-,26+,28+,29+,32-/m1/s1. The molecule has 0 spiro atoms. The first-order chi connectivity index (χ1) is 22.0. The lowest BCUT2D eigenvalue weighted by Crippen LogP contribution is -2.50. The van der Waals surface area contributed by atoms with Crippen molar-refractivity contribution in [3.63, 3.8) is 0 Å². The van der Waals surface area contributed by atoms with Crippen LogP contribution in [0.4, 0.5) is 35.5 Å². The van der Waals surface area contributed by atoms with E-state index >= 15 is 0 Å². The molecule has 1 N–H and O–H groups in total. The zero-order chi connectivity index (χ0) is 34.1. The Morgan fingerprint density at radius 1 is 0.957 bits per heavy atom. The Morgan fingerprint density at radius 2 is 1.57 bits per heavy atom. The Hall–Kier alpha value is -4.26. The monoisotopic (exact) mass is 664 g/mol. The number of alkyl halides is 6. The summed E-state index contributed by atoms with van der Waals surface area (Å²) in [7, 11) is 0. The Balaban J connectivity index is 1.36. The van der Waals surface area contributed by atoms with Crippen molar-refractivity contribution in [3.8, 4) is 0 Å². The van der Waals surface area contributed by atoms with Gasteiger partial charge in [0.25, 0.3) is 5.91 Å². The van der Waals surface area contributed by atoms with Crippen LogP contribution in [-0.4, -0.2) is 29.4 Å². The zero-order valence-electron chi connectivity index (χ0n) is 25.3. The smallest absolute Gasteiger partial charge is 0.416 e. The molecule has 1 saturated carbocycles. The predicted octanol–water partition coefficient (Wildman–Crippen LogP) is 8.56. The van der Waals surface area contributed by atoms with Crippen molar-refractivity contribution in [1.29, 1.82) is 0 Å². The van der Waals surface area contributed by atoms with Gasteiger partial charge in [-0.05, 0) is 73.7 Å². The summed E-state index contributed by atoms with van der Waals surface area (Å²) in [6.45, 7) is 2.86. The van der Waals surface area contributed by atoms with Gasteiger partial charge in [0.05, 0.1) is 23.3 Å². The minimum atomic E-state index is -5.02. The maximum absolute atomic E-state index is 13.9. The molecule has 0 aromatic heterocycles. The van der Waals surface area contributed by atoms with Crippen LogP contribution in [0.25, 0.3) is 0 Å². The van der Waals surface area contributed by atoms with E-state index in [1.807, 2.05) is 6.07 Å². The van der Waals surface area contributed by atoms with Crippen LogP contribution >= 0.6 is 0 Å². The maximum Gasteiger partial charge on any atom is 0.416 e. The minimum absolute atomic E-state index is 0.0204. The topological polar surface area (TPSA) is 77.0 Å². The van der Waals surface area contributed by atoms with Gasteiger partial charge < -0.3 is 14.8 Å². The third-order valence-electron chi connectivity index (χ3n) is 8.58. The first-order valence-electron chi connectivity index (χ1n) is 14.8. The molecule has 1 aliphatic heterocycles. The van der Waals surface area contributed by atoms with Crippen LogP contribution in [0.5, 0.6) is 0 Å². The van der Waals surface area contributed by atoms with Crippen LogP contribution in [0.1, 0.15) is 72.9 Å². The van der Waals surface area contributed by atoms with Crippen molar-refractivity contribution in [3.05, 3.63) is 106 Å². The van der Waals surface area contributed by atoms with E-state index in [2.05, 4.69) is 10.3 Å². The van der Waals surface area contributed by atoms with Crippen LogP contribution in [0.15, 0.2) is 77.8 Å². The van der Waals surface area contributed by atoms with Crippen molar-refractivity contribution in [2.75, 3.05) is 0 Å². The molecule has 0 bridgehead atoms. The number of nitrogens with zero attached hydrogens (tertiary/aromatic N) is 1. The molecule has 0 radical (unpaired) electrons. The van der Waals surface area contributed by atoms with Gasteiger partial charge in [-0.15, -0.1) is 0 Å². The second kappa shape index (κ2) is 13.1. The van der Waals surface area contributed by atoms with Crippen LogP contribution in [-0.2, 0) is 33.2 Å². The lowest BCUT2D eigenvalue weighted by atomic mass is 9.81. The fraction of sp³-hybridized carbons (Fsp3) is 0.382. The van der Waals surface area contributed by atoms with Gasteiger partial charge in [0.1, 0.15) is 18.0 Å². The fourth-order valence-corrected chi connectivity index (χ4v) is 6.20. The van der Waals surface area contributed by atoms with Gasteiger partial charge in [0.15, 0.2) is 0 Å². The SMILES string of the molecule is C[C@@H](O[C@H]1CC[C@@H](C2=NC(=O)[C@](C)(NC(=O)OCc3ccccc3)C2)[C@@H]1c1ccc(F)cc1)c1cc(C(F)(F)F)cc(C(F)(F)F)c1. The van der Waals surface area contributed by atoms with E-state index in [4.69, 9.17) is 9.47 Å². The molecule has 5 atom stereocenters. The van der Waals surface area contributed by atoms with Gasteiger partial charge >= 0.3 is 18.4 Å². The number of ether oxygens (including phenoxy) is 2. The predicted molar refractivity (Wildman–Crippen MR) is 157 cm³/mol. The maximum atomic E-state index is 13.9. The molecule has 250 valence electrons. The summed E-state index contributed by atoms with van der Waals surface area (Å²) in [6.07, 6.45) is -12.0. The molecule has 13 heteroatoms. The summed E-state index contributed by atoms with van der Waals surface area (Å²) >= 11 is 0. The van der Waals surface area contributed by atoms with E-state index < -0.39 is 70.9 Å². The van der Waals surface area contributed by atoms with Crippen molar-refractivity contribution >= 4 is 17.7 Å². The highest BCUT2D eigenvalue weighted by molar-refractivity contribution is 6.10. The molecule has 2 aliphatic rings. The normalized spacial score (nSPS) is 23.8. The summed E-state index contributed by atoms with van der Waals surface area (Å²) in [5.41, 5.74) is -2.87. The molecule has 1 heterocycles. The molecule has 3 aromatic rings. The number of amides is 2. The first kappa shape index (κ1) is 34.1. The number of benzene rings is 3. The molecule has 6 nitrogen and oxygen atoms in total. The summed E-state index contributed by atoms with van der Waals surface area (Å²) in [5, 5.41) is 2.60. The summed E-state index contributed by atoms with van der Waals surface area (Å²) in [6, 6.07) is 15.7. The molecule has 47 heavy (non-hydrogen) atoms. The van der Waals surface area contributed by atoms with Crippen molar-refractivity contribution in [1.82, 2.24) is 5.32 Å². The van der Waals surface area contributed by atoms with E-state index in [0.29, 0.717) is 36.2 Å².